The molecule has 2 aromatic rings. The molecule has 0 fully saturated rings. The highest BCUT2D eigenvalue weighted by Crippen LogP contribution is 2.33. The summed E-state index contributed by atoms with van der Waals surface area (Å²) in [5.41, 5.74) is -0.389. The molecule has 0 bridgehead atoms. The average molecular weight is 293 g/mol. The van der Waals surface area contributed by atoms with Gasteiger partial charge in [-0.05, 0) is 31.2 Å². The van der Waals surface area contributed by atoms with Crippen LogP contribution >= 0.6 is 0 Å². The van der Waals surface area contributed by atoms with Gasteiger partial charge in [0.2, 0.25) is 11.6 Å². The largest absolute Gasteiger partial charge is 0.447 e. The lowest BCUT2D eigenvalue weighted by molar-refractivity contribution is -0.385. The maximum absolute atomic E-state index is 13.5. The first-order valence-electron chi connectivity index (χ1n) is 5.81. The van der Waals surface area contributed by atoms with E-state index in [2.05, 4.69) is 0 Å². The zero-order valence-corrected chi connectivity index (χ0v) is 10.8. The molecule has 0 aliphatic rings. The summed E-state index contributed by atoms with van der Waals surface area (Å²) in [6, 6.07) is 6.75. The lowest BCUT2D eigenvalue weighted by Crippen LogP contribution is -1.99. The van der Waals surface area contributed by atoms with Crippen molar-refractivity contribution in [3.63, 3.8) is 0 Å². The Bertz CT molecular complexity index is 731. The molecule has 0 aromatic heterocycles. The third-order valence-corrected chi connectivity index (χ3v) is 2.70. The summed E-state index contributed by atoms with van der Waals surface area (Å²) in [6.45, 7) is 1.26. The smallest absolute Gasteiger partial charge is 0.312 e. The zero-order valence-electron chi connectivity index (χ0n) is 10.8. The van der Waals surface area contributed by atoms with Gasteiger partial charge in [0.25, 0.3) is 0 Å². The molecule has 0 atom stereocenters. The highest BCUT2D eigenvalue weighted by molar-refractivity contribution is 5.95. The van der Waals surface area contributed by atoms with Crippen LogP contribution in [0.3, 0.4) is 0 Å². The summed E-state index contributed by atoms with van der Waals surface area (Å²) in [7, 11) is 0. The number of nitrogens with zero attached hydrogens (tertiary/aromatic N) is 1. The maximum atomic E-state index is 13.5. The highest BCUT2D eigenvalue weighted by atomic mass is 19.2. The molecule has 108 valence electrons. The third-order valence-electron chi connectivity index (χ3n) is 2.70. The van der Waals surface area contributed by atoms with E-state index in [0.29, 0.717) is 0 Å². The van der Waals surface area contributed by atoms with E-state index in [9.17, 15) is 23.7 Å². The molecule has 2 rings (SSSR count). The first kappa shape index (κ1) is 14.6. The molecule has 0 unspecified atom stereocenters. The lowest BCUT2D eigenvalue weighted by Gasteiger charge is -2.08. The molecule has 5 nitrogen and oxygen atoms in total. The van der Waals surface area contributed by atoms with Crippen molar-refractivity contribution in [2.75, 3.05) is 0 Å². The fourth-order valence-electron chi connectivity index (χ4n) is 1.65. The zero-order chi connectivity index (χ0) is 15.6. The second-order valence-corrected chi connectivity index (χ2v) is 4.15. The van der Waals surface area contributed by atoms with Gasteiger partial charge in [0.15, 0.2) is 17.3 Å². The molecule has 0 heterocycles. The molecule has 0 saturated carbocycles. The lowest BCUT2D eigenvalue weighted by atomic mass is 10.1. The average Bonchev–Trinajstić information content (AvgIpc) is 2.43. The Morgan fingerprint density at radius 1 is 1.19 bits per heavy atom. The summed E-state index contributed by atoms with van der Waals surface area (Å²) >= 11 is 0. The standard InChI is InChI=1S/C14H9F2NO4/c1-8(18)9-5-6-12(11(7-9)17(19)20)21-13-4-2-3-10(15)14(13)16/h2-7H,1H3. The molecule has 0 spiro atoms. The van der Waals surface area contributed by atoms with E-state index in [0.717, 1.165) is 18.2 Å². The van der Waals surface area contributed by atoms with Crippen LogP contribution in [0.2, 0.25) is 0 Å². The number of carbonyl (C=O) groups is 1. The van der Waals surface area contributed by atoms with Crippen LogP contribution in [0.25, 0.3) is 0 Å². The van der Waals surface area contributed by atoms with E-state index < -0.39 is 28.0 Å². The number of hydrogen-bond donors (Lipinski definition) is 0. The van der Waals surface area contributed by atoms with E-state index in [4.69, 9.17) is 4.74 Å². The van der Waals surface area contributed by atoms with Gasteiger partial charge < -0.3 is 4.74 Å². The van der Waals surface area contributed by atoms with Gasteiger partial charge >= 0.3 is 5.69 Å². The van der Waals surface area contributed by atoms with E-state index in [1.165, 1.54) is 25.1 Å². The van der Waals surface area contributed by atoms with Crippen molar-refractivity contribution >= 4 is 11.5 Å². The van der Waals surface area contributed by atoms with Crippen LogP contribution in [0.1, 0.15) is 17.3 Å². The quantitative estimate of drug-likeness (QED) is 0.487. The van der Waals surface area contributed by atoms with Crippen molar-refractivity contribution in [2.24, 2.45) is 0 Å². The molecular weight excluding hydrogens is 284 g/mol. The molecule has 0 N–H and O–H groups in total. The Balaban J connectivity index is 2.46. The van der Waals surface area contributed by atoms with Crippen molar-refractivity contribution in [3.8, 4) is 11.5 Å². The number of hydrogen-bond acceptors (Lipinski definition) is 4. The first-order chi connectivity index (χ1) is 9.90. The Morgan fingerprint density at radius 3 is 2.52 bits per heavy atom. The molecule has 0 amide bonds. The summed E-state index contributed by atoms with van der Waals surface area (Å²) in [4.78, 5) is 21.4. The SMILES string of the molecule is CC(=O)c1ccc(Oc2cccc(F)c2F)c([N+](=O)[O-])c1. The van der Waals surface area contributed by atoms with Gasteiger partial charge in [-0.15, -0.1) is 0 Å². The Hall–Kier alpha value is -2.83. The third kappa shape index (κ3) is 3.02. The number of Topliss-reactive ketones (excluding diaryl/α,β-unsaturated/α-hetero) is 1. The number of benzene rings is 2. The van der Waals surface area contributed by atoms with E-state index >= 15 is 0 Å². The van der Waals surface area contributed by atoms with Crippen molar-refractivity contribution in [1.82, 2.24) is 0 Å². The molecule has 21 heavy (non-hydrogen) atoms. The van der Waals surface area contributed by atoms with Crippen LogP contribution in [-0.2, 0) is 0 Å². The number of ketones is 1. The molecule has 0 aliphatic heterocycles. The minimum absolute atomic E-state index is 0.119. The van der Waals surface area contributed by atoms with Gasteiger partial charge in [-0.2, -0.15) is 4.39 Å². The van der Waals surface area contributed by atoms with Crippen LogP contribution in [0.15, 0.2) is 36.4 Å². The summed E-state index contributed by atoms with van der Waals surface area (Å²) in [5, 5.41) is 11.0. The Kier molecular flexibility index (Phi) is 3.93. The number of nitro groups is 1. The summed E-state index contributed by atoms with van der Waals surface area (Å²) in [6.07, 6.45) is 0. The topological polar surface area (TPSA) is 69.4 Å². The predicted molar refractivity (Wildman–Crippen MR) is 69.5 cm³/mol. The first-order valence-corrected chi connectivity index (χ1v) is 5.81. The molecule has 2 aromatic carbocycles. The number of carbonyl (C=O) groups excluding carboxylic acids is 1. The van der Waals surface area contributed by atoms with Gasteiger partial charge in [-0.25, -0.2) is 4.39 Å². The number of ether oxygens (including phenoxy) is 1. The van der Waals surface area contributed by atoms with Gasteiger partial charge in [0, 0.05) is 11.6 Å². The number of nitro benzene ring substituents is 1. The summed E-state index contributed by atoms with van der Waals surface area (Å²) in [5.74, 6) is -3.50. The van der Waals surface area contributed by atoms with Crippen molar-refractivity contribution in [1.29, 1.82) is 0 Å². The van der Waals surface area contributed by atoms with E-state index in [1.54, 1.807) is 0 Å². The van der Waals surface area contributed by atoms with Crippen molar-refractivity contribution in [2.45, 2.75) is 6.92 Å². The number of halogens is 2. The molecule has 7 heteroatoms. The Labute approximate surface area is 117 Å². The minimum Gasteiger partial charge on any atom is -0.447 e. The fourth-order valence-corrected chi connectivity index (χ4v) is 1.65. The normalized spacial score (nSPS) is 10.2. The molecular formula is C14H9F2NO4. The number of rotatable bonds is 4. The minimum atomic E-state index is -1.25. The van der Waals surface area contributed by atoms with Crippen LogP contribution in [0.4, 0.5) is 14.5 Å². The van der Waals surface area contributed by atoms with E-state index in [-0.39, 0.29) is 17.1 Å². The second-order valence-electron chi connectivity index (χ2n) is 4.15. The molecule has 0 aliphatic carbocycles. The van der Waals surface area contributed by atoms with Crippen LogP contribution in [-0.4, -0.2) is 10.7 Å². The molecule has 0 radical (unpaired) electrons. The monoisotopic (exact) mass is 293 g/mol. The van der Waals surface area contributed by atoms with Crippen molar-refractivity contribution in [3.05, 3.63) is 63.7 Å². The maximum Gasteiger partial charge on any atom is 0.312 e. The van der Waals surface area contributed by atoms with Crippen LogP contribution in [0.5, 0.6) is 11.5 Å². The summed E-state index contributed by atoms with van der Waals surface area (Å²) < 4.78 is 31.6. The van der Waals surface area contributed by atoms with Gasteiger partial charge in [0.05, 0.1) is 4.92 Å². The predicted octanol–water partition coefficient (Wildman–Crippen LogP) is 3.87. The second kappa shape index (κ2) is 5.66. The highest BCUT2D eigenvalue weighted by Gasteiger charge is 2.20. The molecule has 0 saturated heterocycles. The van der Waals surface area contributed by atoms with Crippen LogP contribution < -0.4 is 4.74 Å². The van der Waals surface area contributed by atoms with Gasteiger partial charge in [-0.3, -0.25) is 14.9 Å². The van der Waals surface area contributed by atoms with Crippen molar-refractivity contribution < 1.29 is 23.2 Å². The van der Waals surface area contributed by atoms with Crippen LogP contribution in [0, 0.1) is 21.7 Å². The van der Waals surface area contributed by atoms with Gasteiger partial charge in [-0.1, -0.05) is 6.07 Å². The Morgan fingerprint density at radius 2 is 1.90 bits per heavy atom. The van der Waals surface area contributed by atoms with E-state index in [1.807, 2.05) is 0 Å². The fraction of sp³-hybridized carbons (Fsp3) is 0.0714. The van der Waals surface area contributed by atoms with Gasteiger partial charge in [0.1, 0.15) is 0 Å².